The molecular weight excluding hydrogens is 312 g/mol. The van der Waals surface area contributed by atoms with E-state index in [9.17, 15) is 0 Å². The Morgan fingerprint density at radius 3 is 2.00 bits per heavy atom. The third-order valence-corrected chi connectivity index (χ3v) is 3.82. The topological polar surface area (TPSA) is 72.3 Å². The molecule has 0 unspecified atom stereocenters. The van der Waals surface area contributed by atoms with Gasteiger partial charge in [0.05, 0.1) is 12.1 Å². The minimum absolute atomic E-state index is 0.765. The molecule has 1 N–H and O–H groups in total. The molecule has 0 saturated carbocycles. The standard InChI is InChI=1S/C13H11N3.C6H5N3/c1-2-6-11(7-3-1)10-16-13-9-5-4-8-12(13)14-15-16;1-2-4-6-5(3-1)7-9-8-6/h1-9H,10H2;1-4H,(H,7,8,9). The van der Waals surface area contributed by atoms with E-state index in [1.165, 1.54) is 5.56 Å². The zero-order valence-corrected chi connectivity index (χ0v) is 13.4. The normalized spacial score (nSPS) is 10.6. The van der Waals surface area contributed by atoms with Gasteiger partial charge in [0.15, 0.2) is 0 Å². The van der Waals surface area contributed by atoms with Gasteiger partial charge in [0, 0.05) is 0 Å². The SMILES string of the molecule is c1ccc(Cn2nnc3ccccc32)cc1.c1ccc2n[nH]nc2c1. The Morgan fingerprint density at radius 1 is 0.680 bits per heavy atom. The van der Waals surface area contributed by atoms with Crippen LogP contribution in [0.1, 0.15) is 5.56 Å². The summed E-state index contributed by atoms with van der Waals surface area (Å²) < 4.78 is 1.92. The van der Waals surface area contributed by atoms with E-state index in [1.54, 1.807) is 0 Å². The van der Waals surface area contributed by atoms with Crippen molar-refractivity contribution in [2.24, 2.45) is 0 Å². The van der Waals surface area contributed by atoms with Crippen molar-refractivity contribution < 1.29 is 0 Å². The van der Waals surface area contributed by atoms with Crippen LogP contribution in [0.2, 0.25) is 0 Å². The summed E-state index contributed by atoms with van der Waals surface area (Å²) in [4.78, 5) is 0. The molecule has 6 heteroatoms. The summed E-state index contributed by atoms with van der Waals surface area (Å²) in [5, 5.41) is 18.6. The molecule has 2 aromatic heterocycles. The van der Waals surface area contributed by atoms with Crippen LogP contribution in [-0.4, -0.2) is 30.4 Å². The molecule has 5 aromatic rings. The fourth-order valence-electron chi connectivity index (χ4n) is 2.58. The van der Waals surface area contributed by atoms with E-state index in [0.29, 0.717) is 0 Å². The minimum Gasteiger partial charge on any atom is -0.240 e. The first kappa shape index (κ1) is 15.0. The number of aromatic amines is 1. The second-order valence-electron chi connectivity index (χ2n) is 5.53. The van der Waals surface area contributed by atoms with Crippen LogP contribution in [0, 0.1) is 0 Å². The smallest absolute Gasteiger partial charge is 0.113 e. The van der Waals surface area contributed by atoms with E-state index < -0.39 is 0 Å². The van der Waals surface area contributed by atoms with E-state index in [4.69, 9.17) is 0 Å². The van der Waals surface area contributed by atoms with Gasteiger partial charge in [-0.3, -0.25) is 0 Å². The lowest BCUT2D eigenvalue weighted by atomic mass is 10.2. The summed E-state index contributed by atoms with van der Waals surface area (Å²) in [6.45, 7) is 0.765. The summed E-state index contributed by atoms with van der Waals surface area (Å²) in [5.74, 6) is 0. The monoisotopic (exact) mass is 328 g/mol. The number of hydrogen-bond acceptors (Lipinski definition) is 4. The number of benzene rings is 3. The van der Waals surface area contributed by atoms with Gasteiger partial charge in [-0.25, -0.2) is 4.68 Å². The van der Waals surface area contributed by atoms with E-state index in [0.717, 1.165) is 28.6 Å². The number of H-pyrrole nitrogens is 1. The zero-order valence-electron chi connectivity index (χ0n) is 13.4. The van der Waals surface area contributed by atoms with Gasteiger partial charge in [-0.05, 0) is 29.8 Å². The van der Waals surface area contributed by atoms with Gasteiger partial charge in [0.25, 0.3) is 0 Å². The molecular formula is C19H16N6. The van der Waals surface area contributed by atoms with Gasteiger partial charge in [-0.15, -0.1) is 5.10 Å². The number of nitrogens with zero attached hydrogens (tertiary/aromatic N) is 5. The van der Waals surface area contributed by atoms with Crippen LogP contribution in [-0.2, 0) is 6.54 Å². The highest BCUT2D eigenvalue weighted by atomic mass is 15.4. The highest BCUT2D eigenvalue weighted by Crippen LogP contribution is 2.11. The molecule has 0 atom stereocenters. The van der Waals surface area contributed by atoms with Crippen LogP contribution < -0.4 is 0 Å². The van der Waals surface area contributed by atoms with Gasteiger partial charge < -0.3 is 0 Å². The third-order valence-electron chi connectivity index (χ3n) is 3.82. The molecule has 0 bridgehead atoms. The highest BCUT2D eigenvalue weighted by molar-refractivity contribution is 5.74. The molecule has 0 saturated heterocycles. The second-order valence-corrected chi connectivity index (χ2v) is 5.53. The lowest BCUT2D eigenvalue weighted by Crippen LogP contribution is -2.01. The van der Waals surface area contributed by atoms with Crippen molar-refractivity contribution in [1.29, 1.82) is 0 Å². The summed E-state index contributed by atoms with van der Waals surface area (Å²) >= 11 is 0. The van der Waals surface area contributed by atoms with Crippen LogP contribution in [0.4, 0.5) is 0 Å². The fraction of sp³-hybridized carbons (Fsp3) is 0.0526. The average molecular weight is 328 g/mol. The predicted octanol–water partition coefficient (Wildman–Crippen LogP) is 3.44. The van der Waals surface area contributed by atoms with Crippen molar-refractivity contribution >= 4 is 22.1 Å². The molecule has 6 nitrogen and oxygen atoms in total. The van der Waals surface area contributed by atoms with Crippen LogP contribution in [0.25, 0.3) is 22.1 Å². The summed E-state index contributed by atoms with van der Waals surface area (Å²) in [6.07, 6.45) is 0. The fourth-order valence-corrected chi connectivity index (χ4v) is 2.58. The van der Waals surface area contributed by atoms with E-state index in [2.05, 4.69) is 37.9 Å². The highest BCUT2D eigenvalue weighted by Gasteiger charge is 2.03. The van der Waals surface area contributed by atoms with Crippen molar-refractivity contribution in [3.8, 4) is 0 Å². The molecule has 122 valence electrons. The van der Waals surface area contributed by atoms with E-state index in [1.807, 2.05) is 71.4 Å². The van der Waals surface area contributed by atoms with Crippen LogP contribution in [0.3, 0.4) is 0 Å². The Hall–Kier alpha value is -3.54. The summed E-state index contributed by atoms with van der Waals surface area (Å²) in [5.41, 5.74) is 5.08. The Labute approximate surface area is 144 Å². The van der Waals surface area contributed by atoms with Crippen molar-refractivity contribution in [1.82, 2.24) is 30.4 Å². The van der Waals surface area contributed by atoms with Gasteiger partial charge in [0.1, 0.15) is 16.6 Å². The first-order chi connectivity index (χ1) is 12.4. The van der Waals surface area contributed by atoms with Gasteiger partial charge in [-0.1, -0.05) is 59.8 Å². The molecule has 5 rings (SSSR count). The Kier molecular flexibility index (Phi) is 4.16. The third kappa shape index (κ3) is 3.37. The summed E-state index contributed by atoms with van der Waals surface area (Å²) in [7, 11) is 0. The lowest BCUT2D eigenvalue weighted by molar-refractivity contribution is 0.670. The summed E-state index contributed by atoms with van der Waals surface area (Å²) in [6, 6.07) is 26.0. The van der Waals surface area contributed by atoms with Gasteiger partial charge >= 0.3 is 0 Å². The molecule has 0 aliphatic rings. The molecule has 0 amide bonds. The zero-order chi connectivity index (χ0) is 16.9. The second kappa shape index (κ2) is 6.92. The van der Waals surface area contributed by atoms with Crippen LogP contribution >= 0.6 is 0 Å². The maximum atomic E-state index is 4.16. The van der Waals surface area contributed by atoms with Crippen LogP contribution in [0.15, 0.2) is 78.9 Å². The molecule has 0 spiro atoms. The Morgan fingerprint density at radius 2 is 1.28 bits per heavy atom. The largest absolute Gasteiger partial charge is 0.240 e. The first-order valence-electron chi connectivity index (χ1n) is 7.98. The molecule has 0 aliphatic carbocycles. The molecule has 0 aliphatic heterocycles. The number of nitrogens with one attached hydrogen (secondary N) is 1. The molecule has 2 heterocycles. The maximum absolute atomic E-state index is 4.16. The van der Waals surface area contributed by atoms with Crippen LogP contribution in [0.5, 0.6) is 0 Å². The molecule has 3 aromatic carbocycles. The van der Waals surface area contributed by atoms with Crippen molar-refractivity contribution in [3.63, 3.8) is 0 Å². The number of hydrogen-bond donors (Lipinski definition) is 1. The first-order valence-corrected chi connectivity index (χ1v) is 7.98. The molecule has 0 radical (unpaired) electrons. The number of fused-ring (bicyclic) bond motifs is 2. The number of para-hydroxylation sites is 3. The average Bonchev–Trinajstić information content (AvgIpc) is 3.30. The van der Waals surface area contributed by atoms with Crippen molar-refractivity contribution in [2.75, 3.05) is 0 Å². The Balaban J connectivity index is 0.000000147. The van der Waals surface area contributed by atoms with Crippen molar-refractivity contribution in [2.45, 2.75) is 6.54 Å². The number of rotatable bonds is 2. The van der Waals surface area contributed by atoms with Crippen molar-refractivity contribution in [3.05, 3.63) is 84.4 Å². The molecule has 0 fully saturated rings. The minimum atomic E-state index is 0.765. The Bertz CT molecular complexity index is 1050. The maximum Gasteiger partial charge on any atom is 0.113 e. The quantitative estimate of drug-likeness (QED) is 0.539. The van der Waals surface area contributed by atoms with Gasteiger partial charge in [0.2, 0.25) is 0 Å². The number of aromatic nitrogens is 6. The molecule has 25 heavy (non-hydrogen) atoms. The predicted molar refractivity (Wildman–Crippen MR) is 97.0 cm³/mol. The van der Waals surface area contributed by atoms with E-state index >= 15 is 0 Å². The van der Waals surface area contributed by atoms with E-state index in [-0.39, 0.29) is 0 Å². The van der Waals surface area contributed by atoms with Gasteiger partial charge in [-0.2, -0.15) is 15.4 Å². The lowest BCUT2D eigenvalue weighted by Gasteiger charge is -2.01.